The van der Waals surface area contributed by atoms with Crippen LogP contribution in [0.2, 0.25) is 0 Å². The molecule has 0 heterocycles. The molecular weight excluding hydrogens is 196 g/mol. The van der Waals surface area contributed by atoms with E-state index in [1.54, 1.807) is 0 Å². The summed E-state index contributed by atoms with van der Waals surface area (Å²) >= 11 is 0. The van der Waals surface area contributed by atoms with Gasteiger partial charge in [-0.1, -0.05) is 6.92 Å². The van der Waals surface area contributed by atoms with Gasteiger partial charge < -0.3 is 15.3 Å². The minimum absolute atomic E-state index is 0. The van der Waals surface area contributed by atoms with E-state index in [1.807, 2.05) is 6.92 Å². The summed E-state index contributed by atoms with van der Waals surface area (Å²) in [5.41, 5.74) is 0. The molecule has 0 radical (unpaired) electrons. The molecule has 6 heteroatoms. The molecule has 0 atom stereocenters. The lowest BCUT2D eigenvalue weighted by molar-refractivity contribution is -0.143. The summed E-state index contributed by atoms with van der Waals surface area (Å²) in [6, 6.07) is 0. The Kier molecular flexibility index (Phi) is 19.3. The first kappa shape index (κ1) is 18.1. The number of aliphatic hydroxyl groups excluding tert-OH is 1. The lowest BCUT2D eigenvalue weighted by Gasteiger charge is -1.85. The number of rotatable bonds is 4. The maximum atomic E-state index is 9.64. The van der Waals surface area contributed by atoms with E-state index in [4.69, 9.17) is 15.3 Å². The van der Waals surface area contributed by atoms with Crippen molar-refractivity contribution in [1.29, 1.82) is 0 Å². The molecule has 0 aliphatic carbocycles. The van der Waals surface area contributed by atoms with Crippen LogP contribution in [0, 0.1) is 0 Å². The molecule has 0 aromatic rings. The van der Waals surface area contributed by atoms with Crippen LogP contribution in [0.1, 0.15) is 26.2 Å². The van der Waals surface area contributed by atoms with E-state index in [9.17, 15) is 9.59 Å². The van der Waals surface area contributed by atoms with E-state index in [0.29, 0.717) is 6.61 Å². The Morgan fingerprint density at radius 1 is 1.08 bits per heavy atom. The fourth-order valence-electron chi connectivity index (χ4n) is 0.214. The first-order valence-electron chi connectivity index (χ1n) is 3.59. The number of carboxylic acid groups (broad SMARTS) is 2. The quantitative estimate of drug-likeness (QED) is 0.628. The zero-order chi connectivity index (χ0) is 9.98. The van der Waals surface area contributed by atoms with Gasteiger partial charge in [-0.2, -0.15) is 13.5 Å². The van der Waals surface area contributed by atoms with Crippen molar-refractivity contribution < 1.29 is 24.9 Å². The second kappa shape index (κ2) is 13.8. The molecule has 0 amide bonds. The van der Waals surface area contributed by atoms with Gasteiger partial charge in [-0.15, -0.1) is 0 Å². The van der Waals surface area contributed by atoms with Crippen molar-refractivity contribution in [3.8, 4) is 0 Å². The Bertz CT molecular complexity index is 121. The van der Waals surface area contributed by atoms with Crippen molar-refractivity contribution in [2.45, 2.75) is 26.2 Å². The molecule has 0 aliphatic rings. The highest BCUT2D eigenvalue weighted by atomic mass is 32.1. The summed E-state index contributed by atoms with van der Waals surface area (Å²) in [6.45, 7) is 2.25. The van der Waals surface area contributed by atoms with Crippen LogP contribution in [-0.2, 0) is 9.59 Å². The molecule has 0 aromatic carbocycles. The Morgan fingerprint density at radius 3 is 1.38 bits per heavy atom. The second-order valence-electron chi connectivity index (χ2n) is 2.01. The number of aliphatic hydroxyl groups is 1. The third-order valence-electron chi connectivity index (χ3n) is 0.776. The molecule has 0 aliphatic heterocycles. The number of aliphatic carboxylic acids is 2. The molecule has 0 spiro atoms. The fourth-order valence-corrected chi connectivity index (χ4v) is 0.214. The molecular formula is C7H16O5S. The zero-order valence-corrected chi connectivity index (χ0v) is 8.49. The van der Waals surface area contributed by atoms with Crippen molar-refractivity contribution in [3.05, 3.63) is 0 Å². The Morgan fingerprint density at radius 2 is 1.31 bits per heavy atom. The van der Waals surface area contributed by atoms with Gasteiger partial charge in [-0.3, -0.25) is 9.59 Å². The summed E-state index contributed by atoms with van der Waals surface area (Å²) in [5.74, 6) is -2.15. The van der Waals surface area contributed by atoms with Crippen LogP contribution in [0.15, 0.2) is 0 Å². The smallest absolute Gasteiger partial charge is 0.303 e. The van der Waals surface area contributed by atoms with E-state index < -0.39 is 11.9 Å². The Balaban J connectivity index is -0.000000173. The average molecular weight is 212 g/mol. The van der Waals surface area contributed by atoms with E-state index in [1.165, 1.54) is 0 Å². The van der Waals surface area contributed by atoms with E-state index in [0.717, 1.165) is 6.42 Å². The normalized spacial score (nSPS) is 7.54. The summed E-state index contributed by atoms with van der Waals surface area (Å²) in [5, 5.41) is 23.7. The second-order valence-corrected chi connectivity index (χ2v) is 2.01. The lowest BCUT2D eigenvalue weighted by Crippen LogP contribution is -2.00. The molecule has 0 aromatic heterocycles. The Hall–Kier alpha value is -0.750. The van der Waals surface area contributed by atoms with Crippen LogP contribution in [0.4, 0.5) is 0 Å². The third-order valence-corrected chi connectivity index (χ3v) is 0.776. The molecule has 0 saturated heterocycles. The van der Waals surface area contributed by atoms with Crippen LogP contribution >= 0.6 is 13.5 Å². The van der Waals surface area contributed by atoms with E-state index in [-0.39, 0.29) is 26.3 Å². The van der Waals surface area contributed by atoms with Gasteiger partial charge in [0.15, 0.2) is 0 Å². The predicted molar refractivity (Wildman–Crippen MR) is 52.3 cm³/mol. The highest BCUT2D eigenvalue weighted by Gasteiger charge is 2.00. The first-order valence-corrected chi connectivity index (χ1v) is 3.59. The van der Waals surface area contributed by atoms with Crippen LogP contribution < -0.4 is 0 Å². The molecule has 80 valence electrons. The highest BCUT2D eigenvalue weighted by Crippen LogP contribution is 1.86. The van der Waals surface area contributed by atoms with Crippen LogP contribution in [0.5, 0.6) is 0 Å². The van der Waals surface area contributed by atoms with E-state index >= 15 is 0 Å². The van der Waals surface area contributed by atoms with Crippen molar-refractivity contribution in [2.75, 3.05) is 6.61 Å². The zero-order valence-electron chi connectivity index (χ0n) is 7.49. The third kappa shape index (κ3) is 34.9. The average Bonchev–Trinajstić information content (AvgIpc) is 2.01. The summed E-state index contributed by atoms with van der Waals surface area (Å²) in [6.07, 6.45) is 0.282. The van der Waals surface area contributed by atoms with Gasteiger partial charge in [0.25, 0.3) is 0 Å². The topological polar surface area (TPSA) is 94.8 Å². The number of carboxylic acids is 2. The van der Waals surface area contributed by atoms with Gasteiger partial charge >= 0.3 is 11.9 Å². The van der Waals surface area contributed by atoms with Gasteiger partial charge in [0.2, 0.25) is 0 Å². The van der Waals surface area contributed by atoms with Crippen molar-refractivity contribution >= 4 is 25.4 Å². The first-order chi connectivity index (χ1) is 5.54. The fraction of sp³-hybridized carbons (Fsp3) is 0.714. The SMILES string of the molecule is CCCO.O=C(O)CCC(=O)O.S. The highest BCUT2D eigenvalue weighted by molar-refractivity contribution is 7.59. The molecule has 5 nitrogen and oxygen atoms in total. The number of carbonyl (C=O) groups is 2. The summed E-state index contributed by atoms with van der Waals surface area (Å²) < 4.78 is 0. The predicted octanol–water partition coefficient (Wildman–Crippen LogP) is 0.437. The van der Waals surface area contributed by atoms with Gasteiger partial charge in [-0.05, 0) is 6.42 Å². The van der Waals surface area contributed by atoms with Crippen molar-refractivity contribution in [3.63, 3.8) is 0 Å². The minimum Gasteiger partial charge on any atom is -0.481 e. The number of hydrogen-bond donors (Lipinski definition) is 3. The van der Waals surface area contributed by atoms with Gasteiger partial charge in [0.05, 0.1) is 12.8 Å². The van der Waals surface area contributed by atoms with Crippen LogP contribution in [0.25, 0.3) is 0 Å². The monoisotopic (exact) mass is 212 g/mol. The summed E-state index contributed by atoms with van der Waals surface area (Å²) in [7, 11) is 0. The maximum Gasteiger partial charge on any atom is 0.303 e. The maximum absolute atomic E-state index is 9.64. The Labute approximate surface area is 83.8 Å². The minimum atomic E-state index is -1.08. The van der Waals surface area contributed by atoms with Crippen molar-refractivity contribution in [1.82, 2.24) is 0 Å². The molecule has 3 N–H and O–H groups in total. The van der Waals surface area contributed by atoms with Crippen LogP contribution in [0.3, 0.4) is 0 Å². The molecule has 0 fully saturated rings. The van der Waals surface area contributed by atoms with Crippen molar-refractivity contribution in [2.24, 2.45) is 0 Å². The molecule has 13 heavy (non-hydrogen) atoms. The van der Waals surface area contributed by atoms with Crippen LogP contribution in [-0.4, -0.2) is 33.9 Å². The standard InChI is InChI=1S/C4H6O4.C3H8O.H2S/c5-3(6)1-2-4(7)8;1-2-3-4;/h1-2H2,(H,5,6)(H,7,8);4H,2-3H2,1H3;1H2. The number of hydrogen-bond acceptors (Lipinski definition) is 3. The lowest BCUT2D eigenvalue weighted by atomic mass is 10.3. The van der Waals surface area contributed by atoms with Gasteiger partial charge in [0, 0.05) is 6.61 Å². The van der Waals surface area contributed by atoms with Gasteiger partial charge in [-0.25, -0.2) is 0 Å². The summed E-state index contributed by atoms with van der Waals surface area (Å²) in [4.78, 5) is 19.3. The van der Waals surface area contributed by atoms with E-state index in [2.05, 4.69) is 0 Å². The largest absolute Gasteiger partial charge is 0.481 e. The van der Waals surface area contributed by atoms with Gasteiger partial charge in [0.1, 0.15) is 0 Å². The molecule has 0 bridgehead atoms. The molecule has 0 saturated carbocycles. The molecule has 0 unspecified atom stereocenters. The molecule has 0 rings (SSSR count).